The number of aliphatic imine (C=N–C) groups is 1. The Morgan fingerprint density at radius 2 is 1.56 bits per heavy atom. The number of rotatable bonds is 4. The van der Waals surface area contributed by atoms with Crippen molar-refractivity contribution in [2.24, 2.45) is 45.4 Å². The van der Waals surface area contributed by atoms with E-state index in [4.69, 9.17) is 0 Å². The third-order valence-corrected chi connectivity index (χ3v) is 11.6. The minimum atomic E-state index is -1.82. The molecule has 1 aromatic rings. The SMILES string of the molecule is Cc1c(F)c(F)c(C(=O)NC(=O)CCN=C2CCC3(C)C(CCC4C5CCC(C)C5(C)CCC43)C2)c(F)c1F. The largest absolute Gasteiger partial charge is 0.294 e. The molecule has 4 nitrogen and oxygen atoms in total. The summed E-state index contributed by atoms with van der Waals surface area (Å²) < 4.78 is 55.8. The van der Waals surface area contributed by atoms with Crippen molar-refractivity contribution >= 4 is 17.5 Å². The standard InChI is InChI=1S/C31H40F4N2O2/c1-16-5-8-21-20-7-6-18-15-19(9-12-31(18,4)22(20)10-13-30(16,21)3)36-14-11-23(38)37-29(39)24-27(34)25(32)17(2)26(33)28(24)35/h16,18,20-22H,5-15H2,1-4H3,(H,37,38,39). The van der Waals surface area contributed by atoms with Crippen LogP contribution in [0.1, 0.15) is 101 Å². The van der Waals surface area contributed by atoms with Gasteiger partial charge in [0.2, 0.25) is 5.91 Å². The zero-order valence-corrected chi connectivity index (χ0v) is 23.4. The third-order valence-electron chi connectivity index (χ3n) is 11.6. The first-order valence-corrected chi connectivity index (χ1v) is 14.6. The summed E-state index contributed by atoms with van der Waals surface area (Å²) in [6.07, 6.45) is 10.7. The summed E-state index contributed by atoms with van der Waals surface area (Å²) in [6, 6.07) is 0. The summed E-state index contributed by atoms with van der Waals surface area (Å²) in [5, 5.41) is 1.84. The Hall–Kier alpha value is -2.25. The molecule has 214 valence electrons. The quantitative estimate of drug-likeness (QED) is 0.317. The molecule has 4 aliphatic rings. The smallest absolute Gasteiger partial charge is 0.264 e. The van der Waals surface area contributed by atoms with Gasteiger partial charge in [-0.2, -0.15) is 0 Å². The second-order valence-corrected chi connectivity index (χ2v) is 13.2. The van der Waals surface area contributed by atoms with E-state index in [1.807, 2.05) is 5.32 Å². The molecule has 7 unspecified atom stereocenters. The van der Waals surface area contributed by atoms with E-state index in [0.29, 0.717) is 16.7 Å². The lowest BCUT2D eigenvalue weighted by Crippen LogP contribution is -2.53. The van der Waals surface area contributed by atoms with E-state index in [1.165, 1.54) is 38.5 Å². The van der Waals surface area contributed by atoms with Crippen molar-refractivity contribution < 1.29 is 27.2 Å². The average molecular weight is 549 g/mol. The van der Waals surface area contributed by atoms with E-state index in [2.05, 4.69) is 25.8 Å². The van der Waals surface area contributed by atoms with E-state index in [9.17, 15) is 27.2 Å². The zero-order chi connectivity index (χ0) is 28.3. The molecule has 0 aliphatic heterocycles. The molecule has 0 heterocycles. The van der Waals surface area contributed by atoms with Gasteiger partial charge < -0.3 is 0 Å². The first-order chi connectivity index (χ1) is 18.4. The molecule has 5 rings (SSSR count). The Bertz CT molecular complexity index is 1190. The second-order valence-electron chi connectivity index (χ2n) is 13.2. The molecule has 1 aromatic carbocycles. The average Bonchev–Trinajstić information content (AvgIpc) is 3.20. The minimum Gasteiger partial charge on any atom is -0.294 e. The van der Waals surface area contributed by atoms with Crippen LogP contribution >= 0.6 is 0 Å². The lowest BCUT2D eigenvalue weighted by atomic mass is 9.45. The van der Waals surface area contributed by atoms with Gasteiger partial charge in [0.25, 0.3) is 5.91 Å². The monoisotopic (exact) mass is 548 g/mol. The number of amides is 2. The fourth-order valence-electron chi connectivity index (χ4n) is 8.97. The molecule has 0 saturated heterocycles. The van der Waals surface area contributed by atoms with Crippen molar-refractivity contribution in [2.45, 2.75) is 91.9 Å². The molecule has 4 aliphatic carbocycles. The summed E-state index contributed by atoms with van der Waals surface area (Å²) >= 11 is 0. The molecule has 4 saturated carbocycles. The van der Waals surface area contributed by atoms with Gasteiger partial charge in [-0.3, -0.25) is 19.9 Å². The van der Waals surface area contributed by atoms with E-state index in [1.54, 1.807) is 0 Å². The molecule has 39 heavy (non-hydrogen) atoms. The van der Waals surface area contributed by atoms with Crippen LogP contribution in [0.4, 0.5) is 17.6 Å². The number of nitrogens with one attached hydrogen (secondary N) is 1. The normalized spacial score (nSPS) is 36.7. The first kappa shape index (κ1) is 28.3. The van der Waals surface area contributed by atoms with E-state index in [0.717, 1.165) is 55.6 Å². The van der Waals surface area contributed by atoms with Crippen molar-refractivity contribution in [3.8, 4) is 0 Å². The summed E-state index contributed by atoms with van der Waals surface area (Å²) in [7, 11) is 0. The number of imide groups is 1. The van der Waals surface area contributed by atoms with E-state index >= 15 is 0 Å². The number of nitrogens with zero attached hydrogens (tertiary/aromatic N) is 1. The Labute approximate surface area is 228 Å². The van der Waals surface area contributed by atoms with Crippen molar-refractivity contribution in [3.63, 3.8) is 0 Å². The topological polar surface area (TPSA) is 58.5 Å². The fourth-order valence-corrected chi connectivity index (χ4v) is 8.97. The van der Waals surface area contributed by atoms with Crippen LogP contribution in [0.25, 0.3) is 0 Å². The van der Waals surface area contributed by atoms with Crippen LogP contribution in [0.3, 0.4) is 0 Å². The highest BCUT2D eigenvalue weighted by Crippen LogP contribution is 2.67. The van der Waals surface area contributed by atoms with Gasteiger partial charge in [-0.1, -0.05) is 20.8 Å². The van der Waals surface area contributed by atoms with E-state index in [-0.39, 0.29) is 13.0 Å². The number of fused-ring (bicyclic) bond motifs is 5. The van der Waals surface area contributed by atoms with Gasteiger partial charge in [0, 0.05) is 24.2 Å². The number of hydrogen-bond donors (Lipinski definition) is 1. The second kappa shape index (κ2) is 10.3. The minimum absolute atomic E-state index is 0.143. The maximum atomic E-state index is 14.1. The molecule has 0 radical (unpaired) electrons. The van der Waals surface area contributed by atoms with Gasteiger partial charge in [-0.15, -0.1) is 0 Å². The highest BCUT2D eigenvalue weighted by atomic mass is 19.2. The first-order valence-electron chi connectivity index (χ1n) is 14.6. The van der Waals surface area contributed by atoms with Crippen LogP contribution in [0.2, 0.25) is 0 Å². The van der Waals surface area contributed by atoms with Gasteiger partial charge in [-0.25, -0.2) is 17.6 Å². The number of halogens is 4. The predicted octanol–water partition coefficient (Wildman–Crippen LogP) is 7.32. The van der Waals surface area contributed by atoms with Gasteiger partial charge in [-0.05, 0) is 105 Å². The lowest BCUT2D eigenvalue weighted by molar-refractivity contribution is -0.119. The number of benzene rings is 1. The Morgan fingerprint density at radius 3 is 2.26 bits per heavy atom. The molecule has 0 aromatic heterocycles. The van der Waals surface area contributed by atoms with Crippen LogP contribution in [0.15, 0.2) is 4.99 Å². The van der Waals surface area contributed by atoms with Crippen molar-refractivity contribution in [2.75, 3.05) is 6.54 Å². The maximum absolute atomic E-state index is 14.1. The number of carbonyl (C=O) groups excluding carboxylic acids is 2. The van der Waals surface area contributed by atoms with E-state index < -0.39 is 46.2 Å². The summed E-state index contributed by atoms with van der Waals surface area (Å²) in [4.78, 5) is 29.1. The molecule has 7 atom stereocenters. The van der Waals surface area contributed by atoms with Crippen LogP contribution < -0.4 is 5.32 Å². The van der Waals surface area contributed by atoms with Crippen molar-refractivity contribution in [3.05, 3.63) is 34.4 Å². The van der Waals surface area contributed by atoms with Crippen LogP contribution in [-0.2, 0) is 4.79 Å². The Balaban J connectivity index is 1.17. The van der Waals surface area contributed by atoms with Gasteiger partial charge in [0.1, 0.15) is 5.56 Å². The zero-order valence-electron chi connectivity index (χ0n) is 23.4. The number of hydrogen-bond acceptors (Lipinski definition) is 3. The summed E-state index contributed by atoms with van der Waals surface area (Å²) in [6.45, 7) is 8.50. The molecule has 0 bridgehead atoms. The van der Waals surface area contributed by atoms with Gasteiger partial charge in [0.15, 0.2) is 23.3 Å². The van der Waals surface area contributed by atoms with Crippen LogP contribution in [0.5, 0.6) is 0 Å². The lowest BCUT2D eigenvalue weighted by Gasteiger charge is -2.60. The Morgan fingerprint density at radius 1 is 0.897 bits per heavy atom. The highest BCUT2D eigenvalue weighted by molar-refractivity contribution is 6.05. The van der Waals surface area contributed by atoms with Crippen LogP contribution in [-0.4, -0.2) is 24.1 Å². The molecule has 1 N–H and O–H groups in total. The van der Waals surface area contributed by atoms with Crippen molar-refractivity contribution in [1.82, 2.24) is 5.32 Å². The van der Waals surface area contributed by atoms with Gasteiger partial charge in [0.05, 0.1) is 0 Å². The number of carbonyl (C=O) groups is 2. The molecule has 4 fully saturated rings. The van der Waals surface area contributed by atoms with Crippen LogP contribution in [0, 0.1) is 70.6 Å². The predicted molar refractivity (Wildman–Crippen MR) is 141 cm³/mol. The molecule has 2 amide bonds. The summed E-state index contributed by atoms with van der Waals surface area (Å²) in [5.41, 5.74) is -0.383. The van der Waals surface area contributed by atoms with Crippen molar-refractivity contribution in [1.29, 1.82) is 0 Å². The molecular formula is C31H40F4N2O2. The maximum Gasteiger partial charge on any atom is 0.264 e. The Kier molecular flexibility index (Phi) is 7.47. The fraction of sp³-hybridized carbons (Fsp3) is 0.710. The van der Waals surface area contributed by atoms with Gasteiger partial charge >= 0.3 is 0 Å². The molecular weight excluding hydrogens is 508 g/mol. The third kappa shape index (κ3) is 4.63. The molecule has 8 heteroatoms. The highest BCUT2D eigenvalue weighted by Gasteiger charge is 2.59. The molecule has 0 spiro atoms. The summed E-state index contributed by atoms with van der Waals surface area (Å²) in [5.74, 6) is -5.39.